The summed E-state index contributed by atoms with van der Waals surface area (Å²) in [5.74, 6) is 0.795. The minimum absolute atomic E-state index is 0.0399. The first kappa shape index (κ1) is 18.9. The van der Waals surface area contributed by atoms with Crippen LogP contribution >= 0.6 is 0 Å². The summed E-state index contributed by atoms with van der Waals surface area (Å²) in [6, 6.07) is 12.0. The van der Waals surface area contributed by atoms with Gasteiger partial charge in [-0.05, 0) is 42.3 Å². The Balaban J connectivity index is 1.77. The van der Waals surface area contributed by atoms with Crippen LogP contribution in [0.15, 0.2) is 64.3 Å². The number of rotatable bonds is 6. The molecular weight excluding hydrogens is 392 g/mol. The number of nitrogens with zero attached hydrogens (tertiary/aromatic N) is 3. The van der Waals surface area contributed by atoms with Crippen LogP contribution in [0.25, 0.3) is 22.4 Å². The maximum Gasteiger partial charge on any atom is 0.266 e. The summed E-state index contributed by atoms with van der Waals surface area (Å²) in [7, 11) is -2.53. The number of ether oxygens (including phenoxy) is 1. The van der Waals surface area contributed by atoms with E-state index < -0.39 is 10.0 Å². The number of methoxy groups -OCH3 is 1. The fraction of sp³-hybridized carbons (Fsp3) is 0.150. The molecule has 4 aromatic rings. The first-order chi connectivity index (χ1) is 14.0. The largest absolute Gasteiger partial charge is 0.495 e. The molecule has 0 spiro atoms. The Morgan fingerprint density at radius 1 is 1.10 bits per heavy atom. The van der Waals surface area contributed by atoms with Crippen LogP contribution in [-0.4, -0.2) is 30.7 Å². The van der Waals surface area contributed by atoms with Crippen molar-refractivity contribution >= 4 is 26.8 Å². The molecule has 0 aliphatic carbocycles. The molecule has 0 fully saturated rings. The molecule has 2 aromatic heterocycles. The molecule has 0 saturated heterocycles. The van der Waals surface area contributed by atoms with Crippen LogP contribution in [0.2, 0.25) is 0 Å². The molecule has 2 aromatic carbocycles. The number of sulfonamides is 1. The maximum atomic E-state index is 13.0. The van der Waals surface area contributed by atoms with Crippen LogP contribution in [0.5, 0.6) is 5.75 Å². The lowest BCUT2D eigenvalue weighted by Gasteiger charge is -2.11. The first-order valence-electron chi connectivity index (χ1n) is 8.89. The molecular formula is C20H18N4O4S. The van der Waals surface area contributed by atoms with Crippen LogP contribution < -0.4 is 9.46 Å². The van der Waals surface area contributed by atoms with Crippen molar-refractivity contribution in [1.29, 1.82) is 0 Å². The average molecular weight is 410 g/mol. The summed E-state index contributed by atoms with van der Waals surface area (Å²) in [5.41, 5.74) is 1.89. The van der Waals surface area contributed by atoms with Crippen LogP contribution in [0, 0.1) is 0 Å². The Hall–Kier alpha value is -3.46. The molecule has 148 valence electrons. The van der Waals surface area contributed by atoms with Crippen molar-refractivity contribution in [3.8, 4) is 17.1 Å². The van der Waals surface area contributed by atoms with E-state index in [2.05, 4.69) is 19.8 Å². The highest BCUT2D eigenvalue weighted by molar-refractivity contribution is 7.92. The number of hydrogen-bond donors (Lipinski definition) is 1. The minimum Gasteiger partial charge on any atom is -0.495 e. The Morgan fingerprint density at radius 2 is 1.90 bits per heavy atom. The second-order valence-corrected chi connectivity index (χ2v) is 7.88. The highest BCUT2D eigenvalue weighted by Crippen LogP contribution is 2.33. The zero-order valence-corrected chi connectivity index (χ0v) is 16.6. The van der Waals surface area contributed by atoms with Crippen LogP contribution in [0.4, 0.5) is 5.82 Å². The predicted octanol–water partition coefficient (Wildman–Crippen LogP) is 3.66. The fourth-order valence-electron chi connectivity index (χ4n) is 2.98. The van der Waals surface area contributed by atoms with Gasteiger partial charge in [0.05, 0.1) is 18.1 Å². The van der Waals surface area contributed by atoms with E-state index in [-0.39, 0.29) is 16.5 Å². The van der Waals surface area contributed by atoms with E-state index in [0.717, 1.165) is 5.56 Å². The van der Waals surface area contributed by atoms with Gasteiger partial charge in [-0.1, -0.05) is 24.2 Å². The van der Waals surface area contributed by atoms with Gasteiger partial charge in [0.1, 0.15) is 10.6 Å². The highest BCUT2D eigenvalue weighted by Gasteiger charge is 2.24. The molecule has 0 atom stereocenters. The number of aromatic nitrogens is 3. The lowest BCUT2D eigenvalue weighted by molar-refractivity contribution is 0.402. The van der Waals surface area contributed by atoms with Crippen molar-refractivity contribution in [3.05, 3.63) is 60.4 Å². The van der Waals surface area contributed by atoms with Gasteiger partial charge in [-0.15, -0.1) is 0 Å². The third-order valence-corrected chi connectivity index (χ3v) is 5.82. The van der Waals surface area contributed by atoms with Gasteiger partial charge in [0.25, 0.3) is 10.0 Å². The van der Waals surface area contributed by atoms with E-state index in [1.165, 1.54) is 7.11 Å². The molecule has 0 unspecified atom stereocenters. The molecule has 8 nitrogen and oxygen atoms in total. The van der Waals surface area contributed by atoms with Crippen molar-refractivity contribution in [3.63, 3.8) is 0 Å². The normalized spacial score (nSPS) is 11.5. The van der Waals surface area contributed by atoms with Gasteiger partial charge in [-0.25, -0.2) is 18.4 Å². The molecule has 0 aliphatic rings. The van der Waals surface area contributed by atoms with E-state index in [4.69, 9.17) is 9.26 Å². The van der Waals surface area contributed by atoms with Gasteiger partial charge >= 0.3 is 0 Å². The van der Waals surface area contributed by atoms with Gasteiger partial charge in [-0.3, -0.25) is 4.72 Å². The topological polar surface area (TPSA) is 107 Å². The van der Waals surface area contributed by atoms with Gasteiger partial charge in [0.2, 0.25) is 0 Å². The summed E-state index contributed by atoms with van der Waals surface area (Å²) in [6.45, 7) is 1.95. The Kier molecular flexibility index (Phi) is 4.89. The van der Waals surface area contributed by atoms with Gasteiger partial charge in [0.15, 0.2) is 17.2 Å². The van der Waals surface area contributed by atoms with E-state index in [1.807, 2.05) is 13.0 Å². The van der Waals surface area contributed by atoms with E-state index in [1.54, 1.807) is 48.8 Å². The summed E-state index contributed by atoms with van der Waals surface area (Å²) in [4.78, 5) is 8.48. The lowest BCUT2D eigenvalue weighted by atomic mass is 10.1. The molecule has 0 aliphatic heterocycles. The SMILES string of the molecule is CCc1ccc(OC)c(S(=O)(=O)Nc2noc3c(-c4ncccn4)cccc23)c1. The summed E-state index contributed by atoms with van der Waals surface area (Å²) >= 11 is 0. The Labute approximate surface area is 167 Å². The number of hydrogen-bond acceptors (Lipinski definition) is 7. The van der Waals surface area contributed by atoms with E-state index >= 15 is 0 Å². The average Bonchev–Trinajstić information content (AvgIpc) is 3.16. The Bertz CT molecular complexity index is 1270. The first-order valence-corrected chi connectivity index (χ1v) is 10.4. The second-order valence-electron chi connectivity index (χ2n) is 6.23. The molecule has 9 heteroatoms. The molecule has 1 N–H and O–H groups in total. The van der Waals surface area contributed by atoms with Crippen molar-refractivity contribution in [2.45, 2.75) is 18.2 Å². The smallest absolute Gasteiger partial charge is 0.266 e. The minimum atomic E-state index is -3.96. The van der Waals surface area contributed by atoms with Gasteiger partial charge in [0, 0.05) is 12.4 Å². The summed E-state index contributed by atoms with van der Waals surface area (Å²) in [5, 5.41) is 4.43. The summed E-state index contributed by atoms with van der Waals surface area (Å²) < 4.78 is 39.3. The van der Waals surface area contributed by atoms with Crippen LogP contribution in [0.3, 0.4) is 0 Å². The number of anilines is 1. The monoisotopic (exact) mass is 410 g/mol. The molecule has 2 heterocycles. The van der Waals surface area contributed by atoms with Crippen molar-refractivity contribution < 1.29 is 17.7 Å². The van der Waals surface area contributed by atoms with E-state index in [0.29, 0.717) is 28.8 Å². The van der Waals surface area contributed by atoms with Gasteiger partial charge < -0.3 is 9.26 Å². The second kappa shape index (κ2) is 7.51. The maximum absolute atomic E-state index is 13.0. The third kappa shape index (κ3) is 3.52. The highest BCUT2D eigenvalue weighted by atomic mass is 32.2. The predicted molar refractivity (Wildman–Crippen MR) is 108 cm³/mol. The standard InChI is InChI=1S/C20H18N4O4S/c1-3-13-8-9-16(27-2)17(12-13)29(25,26)24-20-15-7-4-6-14(18(15)28-23-20)19-21-10-5-11-22-19/h4-12H,3H2,1-2H3,(H,23,24). The fourth-order valence-corrected chi connectivity index (χ4v) is 4.22. The number of benzene rings is 2. The Morgan fingerprint density at radius 3 is 2.62 bits per heavy atom. The molecule has 0 saturated carbocycles. The molecule has 0 amide bonds. The van der Waals surface area contributed by atoms with Crippen molar-refractivity contribution in [1.82, 2.24) is 15.1 Å². The molecule has 29 heavy (non-hydrogen) atoms. The van der Waals surface area contributed by atoms with Crippen molar-refractivity contribution in [2.24, 2.45) is 0 Å². The van der Waals surface area contributed by atoms with Crippen molar-refractivity contribution in [2.75, 3.05) is 11.8 Å². The van der Waals surface area contributed by atoms with Crippen LogP contribution in [0.1, 0.15) is 12.5 Å². The quantitative estimate of drug-likeness (QED) is 0.517. The zero-order valence-electron chi connectivity index (χ0n) is 15.8. The zero-order chi connectivity index (χ0) is 20.4. The van der Waals surface area contributed by atoms with Crippen LogP contribution in [-0.2, 0) is 16.4 Å². The lowest BCUT2D eigenvalue weighted by Crippen LogP contribution is -2.15. The van der Waals surface area contributed by atoms with E-state index in [9.17, 15) is 8.42 Å². The molecule has 4 rings (SSSR count). The third-order valence-electron chi connectivity index (χ3n) is 4.46. The summed E-state index contributed by atoms with van der Waals surface area (Å²) in [6.07, 6.45) is 3.93. The number of para-hydroxylation sites is 1. The van der Waals surface area contributed by atoms with Gasteiger partial charge in [-0.2, -0.15) is 0 Å². The number of aryl methyl sites for hydroxylation is 1. The molecule has 0 radical (unpaired) electrons. The molecule has 0 bridgehead atoms. The number of nitrogens with one attached hydrogen (secondary N) is 1. The number of fused-ring (bicyclic) bond motifs is 1.